The summed E-state index contributed by atoms with van der Waals surface area (Å²) in [4.78, 5) is 10.5. The molecule has 0 aliphatic heterocycles. The van der Waals surface area contributed by atoms with Crippen LogP contribution in [0.4, 0.5) is 0 Å². The zero-order valence-electron chi connectivity index (χ0n) is 14.4. The summed E-state index contributed by atoms with van der Waals surface area (Å²) in [6.07, 6.45) is 11.6. The second-order valence-electron chi connectivity index (χ2n) is 5.45. The Morgan fingerprint density at radius 1 is 1.26 bits per heavy atom. The lowest BCUT2D eigenvalue weighted by molar-refractivity contribution is -0.134. The highest BCUT2D eigenvalue weighted by Gasteiger charge is 2.10. The first kappa shape index (κ1) is 19.4. The van der Waals surface area contributed by atoms with Gasteiger partial charge in [-0.3, -0.25) is 4.79 Å². The summed E-state index contributed by atoms with van der Waals surface area (Å²) < 4.78 is 1.41. The SMILES string of the molecule is C(=C\C1CCCC1)/Cc1cc2ccccc2s1.CC.CC(=O)O. The largest absolute Gasteiger partial charge is 0.481 e. The molecule has 1 fully saturated rings. The van der Waals surface area contributed by atoms with Crippen molar-refractivity contribution in [3.8, 4) is 0 Å². The summed E-state index contributed by atoms with van der Waals surface area (Å²) in [6.45, 7) is 5.08. The van der Waals surface area contributed by atoms with Crippen molar-refractivity contribution >= 4 is 27.4 Å². The Kier molecular flexibility index (Phi) is 9.30. The molecule has 0 unspecified atom stereocenters. The van der Waals surface area contributed by atoms with Crippen molar-refractivity contribution in [3.63, 3.8) is 0 Å². The Balaban J connectivity index is 0.000000388. The molecule has 1 aliphatic carbocycles. The van der Waals surface area contributed by atoms with Crippen LogP contribution in [-0.4, -0.2) is 11.1 Å². The molecular formula is C20H28O2S. The van der Waals surface area contributed by atoms with Gasteiger partial charge in [-0.15, -0.1) is 11.3 Å². The number of allylic oxidation sites excluding steroid dienone is 2. The Hall–Kier alpha value is -1.61. The van der Waals surface area contributed by atoms with Gasteiger partial charge in [0.05, 0.1) is 0 Å². The molecule has 2 aromatic rings. The van der Waals surface area contributed by atoms with E-state index in [1.807, 2.05) is 25.2 Å². The van der Waals surface area contributed by atoms with Crippen molar-refractivity contribution in [3.05, 3.63) is 47.4 Å². The molecule has 23 heavy (non-hydrogen) atoms. The first-order valence-corrected chi connectivity index (χ1v) is 9.30. The number of fused-ring (bicyclic) bond motifs is 1. The van der Waals surface area contributed by atoms with Crippen LogP contribution in [-0.2, 0) is 11.2 Å². The second-order valence-corrected chi connectivity index (χ2v) is 6.61. The molecule has 2 nitrogen and oxygen atoms in total. The maximum Gasteiger partial charge on any atom is 0.300 e. The number of rotatable bonds is 3. The molecule has 1 aromatic carbocycles. The summed E-state index contributed by atoms with van der Waals surface area (Å²) in [5, 5.41) is 8.81. The summed E-state index contributed by atoms with van der Waals surface area (Å²) in [5.74, 6) is 0.0318. The van der Waals surface area contributed by atoms with E-state index < -0.39 is 5.97 Å². The van der Waals surface area contributed by atoms with Crippen LogP contribution in [0, 0.1) is 5.92 Å². The van der Waals surface area contributed by atoms with Crippen LogP contribution in [0.5, 0.6) is 0 Å². The first-order chi connectivity index (χ1) is 11.1. The third kappa shape index (κ3) is 7.47. The van der Waals surface area contributed by atoms with E-state index in [0.717, 1.165) is 19.3 Å². The molecule has 0 bridgehead atoms. The maximum atomic E-state index is 9.00. The molecule has 1 aromatic heterocycles. The molecule has 3 rings (SSSR count). The predicted molar refractivity (Wildman–Crippen MR) is 101 cm³/mol. The van der Waals surface area contributed by atoms with Crippen molar-refractivity contribution in [1.29, 1.82) is 0 Å². The molecule has 1 saturated carbocycles. The Bertz CT molecular complexity index is 570. The molecule has 0 spiro atoms. The Morgan fingerprint density at radius 2 is 1.87 bits per heavy atom. The third-order valence-electron chi connectivity index (χ3n) is 3.60. The number of carboxylic acid groups (broad SMARTS) is 1. The van der Waals surface area contributed by atoms with Crippen molar-refractivity contribution in [1.82, 2.24) is 0 Å². The van der Waals surface area contributed by atoms with Crippen molar-refractivity contribution in [2.75, 3.05) is 0 Å². The molecule has 1 aliphatic rings. The Labute approximate surface area is 143 Å². The number of thiophene rings is 1. The fourth-order valence-electron chi connectivity index (χ4n) is 2.66. The van der Waals surface area contributed by atoms with Crippen molar-refractivity contribution in [2.24, 2.45) is 5.92 Å². The lowest BCUT2D eigenvalue weighted by Gasteiger charge is -1.98. The molecular weight excluding hydrogens is 304 g/mol. The molecule has 1 N–H and O–H groups in total. The van der Waals surface area contributed by atoms with Crippen LogP contribution in [0.25, 0.3) is 10.1 Å². The molecule has 0 radical (unpaired) electrons. The van der Waals surface area contributed by atoms with E-state index in [4.69, 9.17) is 9.90 Å². The smallest absolute Gasteiger partial charge is 0.300 e. The highest BCUT2D eigenvalue weighted by Crippen LogP contribution is 2.28. The number of carbonyl (C=O) groups is 1. The summed E-state index contributed by atoms with van der Waals surface area (Å²) in [6, 6.07) is 11.0. The van der Waals surface area contributed by atoms with Gasteiger partial charge in [0.1, 0.15) is 0 Å². The zero-order chi connectivity index (χ0) is 17.1. The molecule has 3 heteroatoms. The lowest BCUT2D eigenvalue weighted by Crippen LogP contribution is -1.85. The molecule has 0 saturated heterocycles. The minimum Gasteiger partial charge on any atom is -0.481 e. The highest BCUT2D eigenvalue weighted by atomic mass is 32.1. The number of benzene rings is 1. The maximum absolute atomic E-state index is 9.00. The fraction of sp³-hybridized carbons (Fsp3) is 0.450. The topological polar surface area (TPSA) is 37.3 Å². The van der Waals surface area contributed by atoms with Gasteiger partial charge >= 0.3 is 0 Å². The zero-order valence-corrected chi connectivity index (χ0v) is 15.2. The van der Waals surface area contributed by atoms with E-state index in [1.54, 1.807) is 0 Å². The van der Waals surface area contributed by atoms with Crippen LogP contribution >= 0.6 is 11.3 Å². The van der Waals surface area contributed by atoms with Crippen LogP contribution < -0.4 is 0 Å². The van der Waals surface area contributed by atoms with Gasteiger partial charge in [0.15, 0.2) is 0 Å². The number of aliphatic carboxylic acids is 1. The third-order valence-corrected chi connectivity index (χ3v) is 4.74. The number of carboxylic acids is 1. The summed E-state index contributed by atoms with van der Waals surface area (Å²) >= 11 is 1.93. The van der Waals surface area contributed by atoms with E-state index >= 15 is 0 Å². The fourth-order valence-corrected chi connectivity index (χ4v) is 3.70. The van der Waals surface area contributed by atoms with Crippen LogP contribution in [0.1, 0.15) is 51.3 Å². The van der Waals surface area contributed by atoms with Crippen LogP contribution in [0.15, 0.2) is 42.5 Å². The monoisotopic (exact) mass is 332 g/mol. The van der Waals surface area contributed by atoms with Gasteiger partial charge in [0.2, 0.25) is 0 Å². The van der Waals surface area contributed by atoms with Gasteiger partial charge in [-0.25, -0.2) is 0 Å². The average Bonchev–Trinajstić information content (AvgIpc) is 3.17. The first-order valence-electron chi connectivity index (χ1n) is 8.49. The van der Waals surface area contributed by atoms with Crippen molar-refractivity contribution in [2.45, 2.75) is 52.9 Å². The van der Waals surface area contributed by atoms with Gasteiger partial charge < -0.3 is 5.11 Å². The molecule has 1 heterocycles. The number of hydrogen-bond acceptors (Lipinski definition) is 2. The molecule has 0 amide bonds. The van der Waals surface area contributed by atoms with Crippen LogP contribution in [0.2, 0.25) is 0 Å². The van der Waals surface area contributed by atoms with Crippen LogP contribution in [0.3, 0.4) is 0 Å². The van der Waals surface area contributed by atoms with E-state index in [2.05, 4.69) is 42.5 Å². The van der Waals surface area contributed by atoms with Gasteiger partial charge in [-0.05, 0) is 42.7 Å². The summed E-state index contributed by atoms with van der Waals surface area (Å²) in [7, 11) is 0. The quantitative estimate of drug-likeness (QED) is 0.669. The van der Waals surface area contributed by atoms with Gasteiger partial charge in [0.25, 0.3) is 5.97 Å². The minimum atomic E-state index is -0.833. The normalized spacial score (nSPS) is 14.2. The van der Waals surface area contributed by atoms with E-state index in [-0.39, 0.29) is 0 Å². The van der Waals surface area contributed by atoms with Gasteiger partial charge in [-0.2, -0.15) is 0 Å². The average molecular weight is 333 g/mol. The van der Waals surface area contributed by atoms with Crippen molar-refractivity contribution < 1.29 is 9.90 Å². The number of hydrogen-bond donors (Lipinski definition) is 1. The van der Waals surface area contributed by atoms with Gasteiger partial charge in [0, 0.05) is 16.5 Å². The van der Waals surface area contributed by atoms with Gasteiger partial charge in [-0.1, -0.05) is 57.0 Å². The highest BCUT2D eigenvalue weighted by molar-refractivity contribution is 7.19. The minimum absolute atomic E-state index is 0.833. The van der Waals surface area contributed by atoms with E-state index in [0.29, 0.717) is 0 Å². The molecule has 0 atom stereocenters. The standard InChI is InChI=1S/C16H18S.C2H4O2.C2H6/c1-2-7-13(6-1)8-5-10-15-12-14-9-3-4-11-16(14)17-15;1-2(3)4;1-2/h3-5,8-9,11-13H,1-2,6-7,10H2;1H3,(H,3,4);1-2H3/b8-5+;;. The lowest BCUT2D eigenvalue weighted by atomic mass is 10.1. The van der Waals surface area contributed by atoms with E-state index in [9.17, 15) is 0 Å². The van der Waals surface area contributed by atoms with E-state index in [1.165, 1.54) is 40.6 Å². The second kappa shape index (κ2) is 11.0. The summed E-state index contributed by atoms with van der Waals surface area (Å²) in [5.41, 5.74) is 0. The predicted octanol–water partition coefficient (Wildman–Crippen LogP) is 6.31. The molecule has 126 valence electrons. The Morgan fingerprint density at radius 3 is 2.48 bits per heavy atom.